The molecule has 0 N–H and O–H groups in total. The van der Waals surface area contributed by atoms with E-state index < -0.39 is 0 Å². The molecule has 0 saturated carbocycles. The molecule has 0 radical (unpaired) electrons. The number of aromatic nitrogens is 2. The number of methoxy groups -OCH3 is 3. The normalized spacial score (nSPS) is 13.4. The van der Waals surface area contributed by atoms with E-state index in [2.05, 4.69) is 27.2 Å². The minimum atomic E-state index is 0.653. The molecule has 3 aromatic rings. The molecule has 6 nitrogen and oxygen atoms in total. The van der Waals surface area contributed by atoms with Gasteiger partial charge in [-0.3, -0.25) is 0 Å². The van der Waals surface area contributed by atoms with Crippen LogP contribution in [0.25, 0.3) is 10.9 Å². The van der Waals surface area contributed by atoms with E-state index in [0.29, 0.717) is 11.5 Å². The molecule has 0 fully saturated rings. The summed E-state index contributed by atoms with van der Waals surface area (Å²) in [5.74, 6) is 2.23. The first-order valence-electron chi connectivity index (χ1n) is 8.51. The molecule has 134 valence electrons. The van der Waals surface area contributed by atoms with E-state index in [1.807, 2.05) is 24.4 Å². The van der Waals surface area contributed by atoms with Gasteiger partial charge in [-0.2, -0.15) is 10.2 Å². The lowest BCUT2D eigenvalue weighted by molar-refractivity contribution is 0.355. The quantitative estimate of drug-likeness (QED) is 0.719. The summed E-state index contributed by atoms with van der Waals surface area (Å²) in [6.07, 6.45) is 2.80. The molecule has 0 aliphatic carbocycles. The molecule has 6 heteroatoms. The molecule has 0 bridgehead atoms. The fourth-order valence-electron chi connectivity index (χ4n) is 3.49. The van der Waals surface area contributed by atoms with Crippen LogP contribution in [-0.2, 0) is 13.0 Å². The van der Waals surface area contributed by atoms with Gasteiger partial charge in [0.2, 0.25) is 0 Å². The highest BCUT2D eigenvalue weighted by molar-refractivity contribution is 5.93. The number of nitrogens with zero attached hydrogens (tertiary/aromatic N) is 3. The summed E-state index contributed by atoms with van der Waals surface area (Å²) >= 11 is 0. The van der Waals surface area contributed by atoms with Crippen molar-refractivity contribution in [2.24, 2.45) is 0 Å². The summed E-state index contributed by atoms with van der Waals surface area (Å²) in [4.78, 5) is 2.32. The second-order valence-electron chi connectivity index (χ2n) is 6.26. The molecular formula is C20H21N3O3. The van der Waals surface area contributed by atoms with Crippen LogP contribution in [0, 0.1) is 0 Å². The molecule has 2 heterocycles. The largest absolute Gasteiger partial charge is 0.497 e. The van der Waals surface area contributed by atoms with Crippen LogP contribution in [0.5, 0.6) is 17.2 Å². The zero-order valence-corrected chi connectivity index (χ0v) is 15.2. The topological polar surface area (TPSA) is 56.7 Å². The van der Waals surface area contributed by atoms with Gasteiger partial charge < -0.3 is 19.1 Å². The Morgan fingerprint density at radius 2 is 1.73 bits per heavy atom. The van der Waals surface area contributed by atoms with E-state index in [4.69, 9.17) is 14.2 Å². The summed E-state index contributed by atoms with van der Waals surface area (Å²) in [5.41, 5.74) is 4.48. The highest BCUT2D eigenvalue weighted by Crippen LogP contribution is 2.36. The van der Waals surface area contributed by atoms with Crippen molar-refractivity contribution in [3.63, 3.8) is 0 Å². The third-order valence-corrected chi connectivity index (χ3v) is 4.89. The van der Waals surface area contributed by atoms with Crippen LogP contribution in [0.1, 0.15) is 11.1 Å². The van der Waals surface area contributed by atoms with Crippen molar-refractivity contribution in [1.82, 2.24) is 10.2 Å². The first-order chi connectivity index (χ1) is 12.7. The Morgan fingerprint density at radius 1 is 0.923 bits per heavy atom. The van der Waals surface area contributed by atoms with Crippen LogP contribution in [0.4, 0.5) is 5.69 Å². The Labute approximate surface area is 152 Å². The van der Waals surface area contributed by atoms with Crippen molar-refractivity contribution >= 4 is 16.6 Å². The monoisotopic (exact) mass is 351 g/mol. The lowest BCUT2D eigenvalue weighted by Gasteiger charge is -2.31. The standard InChI is InChI=1S/C20H21N3O3/c1-24-15-5-4-13-6-7-23(12-14(13)8-15)18-11-21-22-17-10-20(26-3)19(25-2)9-16(17)18/h4-5,8-11H,6-7,12H2,1-3H3. The first kappa shape index (κ1) is 16.4. The molecule has 0 unspecified atom stereocenters. The van der Waals surface area contributed by atoms with Crippen molar-refractivity contribution in [2.75, 3.05) is 32.8 Å². The maximum atomic E-state index is 5.46. The van der Waals surface area contributed by atoms with Crippen LogP contribution >= 0.6 is 0 Å². The van der Waals surface area contributed by atoms with E-state index in [1.54, 1.807) is 21.3 Å². The molecule has 26 heavy (non-hydrogen) atoms. The smallest absolute Gasteiger partial charge is 0.162 e. The maximum absolute atomic E-state index is 5.46. The Morgan fingerprint density at radius 3 is 2.50 bits per heavy atom. The number of ether oxygens (including phenoxy) is 3. The summed E-state index contributed by atoms with van der Waals surface area (Å²) in [6.45, 7) is 1.73. The summed E-state index contributed by atoms with van der Waals surface area (Å²) in [5, 5.41) is 9.46. The fourth-order valence-corrected chi connectivity index (χ4v) is 3.49. The Hall–Kier alpha value is -3.02. The number of benzene rings is 2. The van der Waals surface area contributed by atoms with E-state index in [0.717, 1.165) is 41.9 Å². The second kappa shape index (κ2) is 6.71. The van der Waals surface area contributed by atoms with Crippen LogP contribution in [0.2, 0.25) is 0 Å². The molecular weight excluding hydrogens is 330 g/mol. The second-order valence-corrected chi connectivity index (χ2v) is 6.26. The number of anilines is 1. The zero-order valence-electron chi connectivity index (χ0n) is 15.2. The molecule has 0 atom stereocenters. The number of hydrogen-bond donors (Lipinski definition) is 0. The predicted molar refractivity (Wildman–Crippen MR) is 100 cm³/mol. The van der Waals surface area contributed by atoms with Gasteiger partial charge in [-0.15, -0.1) is 0 Å². The van der Waals surface area contributed by atoms with Gasteiger partial charge >= 0.3 is 0 Å². The molecule has 0 saturated heterocycles. The van der Waals surface area contributed by atoms with Crippen LogP contribution in [-0.4, -0.2) is 38.1 Å². The van der Waals surface area contributed by atoms with Crippen molar-refractivity contribution in [2.45, 2.75) is 13.0 Å². The average molecular weight is 351 g/mol. The summed E-state index contributed by atoms with van der Waals surface area (Å²) in [7, 11) is 4.96. The van der Waals surface area contributed by atoms with Gasteiger partial charge in [-0.1, -0.05) is 6.07 Å². The lowest BCUT2D eigenvalue weighted by atomic mass is 9.98. The Balaban J connectivity index is 1.77. The first-order valence-corrected chi connectivity index (χ1v) is 8.51. The molecule has 4 rings (SSSR count). The van der Waals surface area contributed by atoms with Gasteiger partial charge in [0.25, 0.3) is 0 Å². The van der Waals surface area contributed by atoms with Gasteiger partial charge in [0.15, 0.2) is 11.5 Å². The summed E-state index contributed by atoms with van der Waals surface area (Å²) in [6, 6.07) is 10.1. The molecule has 1 aliphatic rings. The summed E-state index contributed by atoms with van der Waals surface area (Å²) < 4.78 is 16.2. The van der Waals surface area contributed by atoms with Crippen molar-refractivity contribution < 1.29 is 14.2 Å². The van der Waals surface area contributed by atoms with E-state index in [-0.39, 0.29) is 0 Å². The molecule has 1 aliphatic heterocycles. The van der Waals surface area contributed by atoms with Crippen molar-refractivity contribution in [3.8, 4) is 17.2 Å². The number of hydrogen-bond acceptors (Lipinski definition) is 6. The Kier molecular flexibility index (Phi) is 4.24. The van der Waals surface area contributed by atoms with Gasteiger partial charge in [0.05, 0.1) is 38.7 Å². The minimum absolute atomic E-state index is 0.653. The van der Waals surface area contributed by atoms with Gasteiger partial charge in [0.1, 0.15) is 5.75 Å². The van der Waals surface area contributed by atoms with E-state index >= 15 is 0 Å². The number of fused-ring (bicyclic) bond motifs is 2. The van der Waals surface area contributed by atoms with Crippen molar-refractivity contribution in [3.05, 3.63) is 47.7 Å². The fraction of sp³-hybridized carbons (Fsp3) is 0.300. The van der Waals surface area contributed by atoms with Crippen LogP contribution < -0.4 is 19.1 Å². The van der Waals surface area contributed by atoms with Gasteiger partial charge in [-0.05, 0) is 35.7 Å². The third kappa shape index (κ3) is 2.77. The maximum Gasteiger partial charge on any atom is 0.162 e. The molecule has 0 amide bonds. The molecule has 2 aromatic carbocycles. The lowest BCUT2D eigenvalue weighted by Crippen LogP contribution is -2.30. The Bertz CT molecular complexity index is 958. The van der Waals surface area contributed by atoms with E-state index in [1.165, 1.54) is 11.1 Å². The van der Waals surface area contributed by atoms with E-state index in [9.17, 15) is 0 Å². The van der Waals surface area contributed by atoms with Gasteiger partial charge in [-0.25, -0.2) is 0 Å². The SMILES string of the molecule is COc1ccc2c(c1)CN(c1cnnc3cc(OC)c(OC)cc13)CC2. The average Bonchev–Trinajstić information content (AvgIpc) is 2.71. The molecule has 1 aromatic heterocycles. The molecule has 0 spiro atoms. The van der Waals surface area contributed by atoms with Gasteiger partial charge in [0, 0.05) is 24.5 Å². The number of rotatable bonds is 4. The highest BCUT2D eigenvalue weighted by atomic mass is 16.5. The highest BCUT2D eigenvalue weighted by Gasteiger charge is 2.20. The zero-order chi connectivity index (χ0) is 18.1. The minimum Gasteiger partial charge on any atom is -0.497 e. The van der Waals surface area contributed by atoms with Crippen molar-refractivity contribution in [1.29, 1.82) is 0 Å². The van der Waals surface area contributed by atoms with Crippen LogP contribution in [0.3, 0.4) is 0 Å². The predicted octanol–water partition coefficient (Wildman–Crippen LogP) is 3.22. The third-order valence-electron chi connectivity index (χ3n) is 4.89. The van der Waals surface area contributed by atoms with Crippen LogP contribution in [0.15, 0.2) is 36.5 Å².